The second-order valence-electron chi connectivity index (χ2n) is 5.37. The summed E-state index contributed by atoms with van der Waals surface area (Å²) in [6, 6.07) is 4.25. The Morgan fingerprint density at radius 3 is 2.81 bits per heavy atom. The van der Waals surface area contributed by atoms with Crippen LogP contribution in [0.25, 0.3) is 0 Å². The molecule has 0 bridgehead atoms. The molecule has 1 N–H and O–H groups in total. The van der Waals surface area contributed by atoms with Crippen molar-refractivity contribution in [1.29, 1.82) is 0 Å². The summed E-state index contributed by atoms with van der Waals surface area (Å²) in [5.74, 6) is -0.555. The average molecular weight is 358 g/mol. The van der Waals surface area contributed by atoms with Gasteiger partial charge in [-0.05, 0) is 53.4 Å². The van der Waals surface area contributed by atoms with Crippen LogP contribution < -0.4 is 5.32 Å². The van der Waals surface area contributed by atoms with Gasteiger partial charge in [0, 0.05) is 18.7 Å². The molecule has 1 fully saturated rings. The van der Waals surface area contributed by atoms with Gasteiger partial charge in [0.05, 0.1) is 10.6 Å². The van der Waals surface area contributed by atoms with E-state index in [0.717, 1.165) is 19.3 Å². The molecule has 3 nitrogen and oxygen atoms in total. The van der Waals surface area contributed by atoms with Gasteiger partial charge in [-0.3, -0.25) is 4.79 Å². The van der Waals surface area contributed by atoms with Crippen molar-refractivity contribution in [2.75, 3.05) is 13.2 Å². The fourth-order valence-corrected chi connectivity index (χ4v) is 2.87. The SMILES string of the molecule is O=C(NCCCOC1CCCCC1)c1ccc(F)c(Br)c1. The lowest BCUT2D eigenvalue weighted by molar-refractivity contribution is 0.0273. The zero-order valence-electron chi connectivity index (χ0n) is 12.0. The number of benzene rings is 1. The molecule has 0 aromatic heterocycles. The third-order valence-electron chi connectivity index (χ3n) is 3.69. The largest absolute Gasteiger partial charge is 0.378 e. The molecule has 0 heterocycles. The predicted octanol–water partition coefficient (Wildman–Crippen LogP) is 4.06. The number of carbonyl (C=O) groups excluding carboxylic acids is 1. The summed E-state index contributed by atoms with van der Waals surface area (Å²) in [6.45, 7) is 1.25. The first kappa shape index (κ1) is 16.4. The van der Waals surface area contributed by atoms with Crippen LogP contribution in [-0.4, -0.2) is 25.2 Å². The van der Waals surface area contributed by atoms with Crippen molar-refractivity contribution in [2.45, 2.75) is 44.6 Å². The molecular formula is C16H21BrFNO2. The first-order valence-electron chi connectivity index (χ1n) is 7.51. The molecule has 1 saturated carbocycles. The molecule has 0 atom stereocenters. The molecule has 116 valence electrons. The molecule has 0 unspecified atom stereocenters. The smallest absolute Gasteiger partial charge is 0.251 e. The van der Waals surface area contributed by atoms with Gasteiger partial charge in [0.15, 0.2) is 0 Å². The highest BCUT2D eigenvalue weighted by Gasteiger charge is 2.13. The molecule has 2 rings (SSSR count). The molecule has 1 aromatic carbocycles. The first-order valence-corrected chi connectivity index (χ1v) is 8.31. The van der Waals surface area contributed by atoms with E-state index in [0.29, 0.717) is 29.3 Å². The van der Waals surface area contributed by atoms with E-state index >= 15 is 0 Å². The fourth-order valence-electron chi connectivity index (χ4n) is 2.50. The van der Waals surface area contributed by atoms with E-state index < -0.39 is 0 Å². The zero-order chi connectivity index (χ0) is 15.1. The molecule has 21 heavy (non-hydrogen) atoms. The van der Waals surface area contributed by atoms with E-state index in [1.54, 1.807) is 0 Å². The number of carbonyl (C=O) groups is 1. The van der Waals surface area contributed by atoms with Crippen LogP contribution in [0.15, 0.2) is 22.7 Å². The van der Waals surface area contributed by atoms with Gasteiger partial charge < -0.3 is 10.1 Å². The topological polar surface area (TPSA) is 38.3 Å². The number of hydrogen-bond donors (Lipinski definition) is 1. The summed E-state index contributed by atoms with van der Waals surface area (Å²) in [5.41, 5.74) is 0.455. The van der Waals surface area contributed by atoms with Gasteiger partial charge in [-0.1, -0.05) is 19.3 Å². The van der Waals surface area contributed by atoms with Gasteiger partial charge >= 0.3 is 0 Å². The van der Waals surface area contributed by atoms with Gasteiger partial charge in [-0.15, -0.1) is 0 Å². The van der Waals surface area contributed by atoms with Crippen molar-refractivity contribution in [3.05, 3.63) is 34.1 Å². The maximum atomic E-state index is 13.1. The highest BCUT2D eigenvalue weighted by atomic mass is 79.9. The fraction of sp³-hybridized carbons (Fsp3) is 0.562. The molecular weight excluding hydrogens is 337 g/mol. The third-order valence-corrected chi connectivity index (χ3v) is 4.30. The standard InChI is InChI=1S/C16H21BrFNO2/c17-14-11-12(7-8-15(14)18)16(20)19-9-4-10-21-13-5-2-1-3-6-13/h7-8,11,13H,1-6,9-10H2,(H,19,20). The summed E-state index contributed by atoms with van der Waals surface area (Å²) in [6.07, 6.45) is 7.38. The van der Waals surface area contributed by atoms with Crippen molar-refractivity contribution in [3.63, 3.8) is 0 Å². The molecule has 0 aliphatic heterocycles. The monoisotopic (exact) mass is 357 g/mol. The van der Waals surface area contributed by atoms with E-state index in [4.69, 9.17) is 4.74 Å². The highest BCUT2D eigenvalue weighted by Crippen LogP contribution is 2.20. The van der Waals surface area contributed by atoms with Crippen LogP contribution in [0.2, 0.25) is 0 Å². The van der Waals surface area contributed by atoms with E-state index in [2.05, 4.69) is 21.2 Å². The number of rotatable bonds is 6. The molecule has 1 aliphatic carbocycles. The van der Waals surface area contributed by atoms with Crippen LogP contribution in [0.1, 0.15) is 48.9 Å². The van der Waals surface area contributed by atoms with E-state index in [1.807, 2.05) is 0 Å². The Morgan fingerprint density at radius 2 is 2.10 bits per heavy atom. The summed E-state index contributed by atoms with van der Waals surface area (Å²) in [4.78, 5) is 11.9. The Labute approximate surface area is 133 Å². The number of ether oxygens (including phenoxy) is 1. The molecule has 0 saturated heterocycles. The maximum Gasteiger partial charge on any atom is 0.251 e. The number of nitrogens with one attached hydrogen (secondary N) is 1. The summed E-state index contributed by atoms with van der Waals surface area (Å²) in [5, 5.41) is 2.82. The van der Waals surface area contributed by atoms with Crippen LogP contribution in [0, 0.1) is 5.82 Å². The number of amides is 1. The quantitative estimate of drug-likeness (QED) is 0.779. The average Bonchev–Trinajstić information content (AvgIpc) is 2.50. The molecule has 1 aromatic rings. The lowest BCUT2D eigenvalue weighted by Gasteiger charge is -2.21. The Morgan fingerprint density at radius 1 is 1.33 bits per heavy atom. The van der Waals surface area contributed by atoms with Gasteiger partial charge in [0.2, 0.25) is 0 Å². The minimum absolute atomic E-state index is 0.187. The zero-order valence-corrected chi connectivity index (χ0v) is 13.6. The number of halogens is 2. The minimum atomic E-state index is -0.368. The van der Waals surface area contributed by atoms with Gasteiger partial charge in [-0.2, -0.15) is 0 Å². The van der Waals surface area contributed by atoms with Crippen LogP contribution >= 0.6 is 15.9 Å². The number of hydrogen-bond acceptors (Lipinski definition) is 2. The first-order chi connectivity index (χ1) is 10.2. The van der Waals surface area contributed by atoms with Gasteiger partial charge in [0.25, 0.3) is 5.91 Å². The van der Waals surface area contributed by atoms with E-state index in [-0.39, 0.29) is 11.7 Å². The lowest BCUT2D eigenvalue weighted by Crippen LogP contribution is -2.26. The minimum Gasteiger partial charge on any atom is -0.378 e. The molecule has 0 radical (unpaired) electrons. The van der Waals surface area contributed by atoms with Crippen molar-refractivity contribution >= 4 is 21.8 Å². The lowest BCUT2D eigenvalue weighted by atomic mass is 9.98. The van der Waals surface area contributed by atoms with Crippen LogP contribution in [0.5, 0.6) is 0 Å². The third kappa shape index (κ3) is 5.40. The van der Waals surface area contributed by atoms with Crippen molar-refractivity contribution in [2.24, 2.45) is 0 Å². The van der Waals surface area contributed by atoms with Crippen LogP contribution in [0.3, 0.4) is 0 Å². The van der Waals surface area contributed by atoms with Crippen LogP contribution in [-0.2, 0) is 4.74 Å². The van der Waals surface area contributed by atoms with E-state index in [9.17, 15) is 9.18 Å². The molecule has 5 heteroatoms. The predicted molar refractivity (Wildman–Crippen MR) is 83.9 cm³/mol. The molecule has 1 amide bonds. The van der Waals surface area contributed by atoms with Crippen molar-refractivity contribution in [3.8, 4) is 0 Å². The molecule has 0 spiro atoms. The summed E-state index contributed by atoms with van der Waals surface area (Å²) < 4.78 is 19.2. The Balaban J connectivity index is 1.63. The summed E-state index contributed by atoms with van der Waals surface area (Å²) >= 11 is 3.08. The van der Waals surface area contributed by atoms with Gasteiger partial charge in [0.1, 0.15) is 5.82 Å². The Kier molecular flexibility index (Phi) is 6.64. The van der Waals surface area contributed by atoms with Crippen LogP contribution in [0.4, 0.5) is 4.39 Å². The van der Waals surface area contributed by atoms with Crippen molar-refractivity contribution in [1.82, 2.24) is 5.32 Å². The second kappa shape index (κ2) is 8.49. The van der Waals surface area contributed by atoms with Crippen molar-refractivity contribution < 1.29 is 13.9 Å². The summed E-state index contributed by atoms with van der Waals surface area (Å²) in [7, 11) is 0. The second-order valence-corrected chi connectivity index (χ2v) is 6.22. The molecule has 1 aliphatic rings. The Bertz CT molecular complexity index is 475. The normalized spacial score (nSPS) is 15.9. The van der Waals surface area contributed by atoms with E-state index in [1.165, 1.54) is 37.5 Å². The Hall–Kier alpha value is -0.940. The highest BCUT2D eigenvalue weighted by molar-refractivity contribution is 9.10. The maximum absolute atomic E-state index is 13.1. The van der Waals surface area contributed by atoms with Gasteiger partial charge in [-0.25, -0.2) is 4.39 Å².